The fraction of sp³-hybridized carbons (Fsp3) is 0.643. The molecule has 1 fully saturated rings. The van der Waals surface area contributed by atoms with Crippen molar-refractivity contribution in [1.82, 2.24) is 19.5 Å². The van der Waals surface area contributed by atoms with Gasteiger partial charge in [-0.25, -0.2) is 4.98 Å². The van der Waals surface area contributed by atoms with Crippen LogP contribution in [0.5, 0.6) is 5.88 Å². The molecule has 3 rings (SSSR count). The topological polar surface area (TPSA) is 55.7 Å². The highest BCUT2D eigenvalue weighted by molar-refractivity contribution is 7.71. The SMILES string of the molecule is COc1ncnc2c1[nH]c(=S)n2C1CCCCCCC1. The second-order valence-electron chi connectivity index (χ2n) is 5.38. The Kier molecular flexibility index (Phi) is 4.00. The first-order valence-corrected chi connectivity index (χ1v) is 7.71. The molecule has 0 saturated heterocycles. The van der Waals surface area contributed by atoms with Crippen LogP contribution < -0.4 is 4.74 Å². The summed E-state index contributed by atoms with van der Waals surface area (Å²) in [4.78, 5) is 11.8. The second-order valence-corrected chi connectivity index (χ2v) is 5.77. The second kappa shape index (κ2) is 5.91. The molecule has 0 amide bonds. The van der Waals surface area contributed by atoms with E-state index >= 15 is 0 Å². The van der Waals surface area contributed by atoms with Gasteiger partial charge in [0.15, 0.2) is 10.4 Å². The Morgan fingerprint density at radius 2 is 1.90 bits per heavy atom. The summed E-state index contributed by atoms with van der Waals surface area (Å²) in [6.07, 6.45) is 10.4. The Hall–Kier alpha value is -1.43. The van der Waals surface area contributed by atoms with E-state index in [4.69, 9.17) is 17.0 Å². The molecule has 108 valence electrons. The van der Waals surface area contributed by atoms with Gasteiger partial charge in [-0.15, -0.1) is 0 Å². The monoisotopic (exact) mass is 292 g/mol. The largest absolute Gasteiger partial charge is 0.479 e. The number of methoxy groups -OCH3 is 1. The van der Waals surface area contributed by atoms with Crippen molar-refractivity contribution in [3.63, 3.8) is 0 Å². The first-order valence-electron chi connectivity index (χ1n) is 7.30. The molecule has 1 aliphatic carbocycles. The summed E-state index contributed by atoms with van der Waals surface area (Å²) in [7, 11) is 1.62. The van der Waals surface area contributed by atoms with Crippen LogP contribution >= 0.6 is 12.2 Å². The summed E-state index contributed by atoms with van der Waals surface area (Å²) in [6.45, 7) is 0. The summed E-state index contributed by atoms with van der Waals surface area (Å²) in [5.74, 6) is 0.561. The standard InChI is InChI=1S/C14H20N4OS/c1-19-13-11-12(15-9-16-13)18(14(20)17-11)10-7-5-3-2-4-6-8-10/h9-10H,2-8H2,1H3,(H,17,20). The number of rotatable bonds is 2. The van der Waals surface area contributed by atoms with E-state index in [9.17, 15) is 0 Å². The number of hydrogen-bond acceptors (Lipinski definition) is 4. The van der Waals surface area contributed by atoms with Crippen LogP contribution in [0.2, 0.25) is 0 Å². The molecule has 2 aromatic rings. The molecular weight excluding hydrogens is 272 g/mol. The summed E-state index contributed by atoms with van der Waals surface area (Å²) in [5.41, 5.74) is 1.68. The molecule has 1 N–H and O–H groups in total. The molecular formula is C14H20N4OS. The van der Waals surface area contributed by atoms with Crippen molar-refractivity contribution in [2.24, 2.45) is 0 Å². The minimum Gasteiger partial charge on any atom is -0.479 e. The fourth-order valence-corrected chi connectivity index (χ4v) is 3.44. The predicted molar refractivity (Wildman–Crippen MR) is 80.6 cm³/mol. The van der Waals surface area contributed by atoms with E-state index in [1.807, 2.05) is 0 Å². The lowest BCUT2D eigenvalue weighted by molar-refractivity contribution is 0.374. The highest BCUT2D eigenvalue weighted by Gasteiger charge is 2.19. The van der Waals surface area contributed by atoms with Crippen LogP contribution in [0.15, 0.2) is 6.33 Å². The van der Waals surface area contributed by atoms with Crippen molar-refractivity contribution in [3.05, 3.63) is 11.1 Å². The molecule has 0 spiro atoms. The van der Waals surface area contributed by atoms with Gasteiger partial charge in [-0.05, 0) is 25.1 Å². The number of nitrogens with one attached hydrogen (secondary N) is 1. The summed E-state index contributed by atoms with van der Waals surface area (Å²) in [5, 5.41) is 0. The summed E-state index contributed by atoms with van der Waals surface area (Å²) < 4.78 is 8.18. The van der Waals surface area contributed by atoms with Crippen molar-refractivity contribution in [3.8, 4) is 5.88 Å². The number of aromatic nitrogens is 4. The third kappa shape index (κ3) is 2.44. The van der Waals surface area contributed by atoms with Gasteiger partial charge in [-0.1, -0.05) is 32.1 Å². The first kappa shape index (κ1) is 13.5. The summed E-state index contributed by atoms with van der Waals surface area (Å²) >= 11 is 5.50. The van der Waals surface area contributed by atoms with Crippen LogP contribution in [0.1, 0.15) is 51.0 Å². The number of fused-ring (bicyclic) bond motifs is 1. The first-order chi connectivity index (χ1) is 9.81. The number of nitrogens with zero attached hydrogens (tertiary/aromatic N) is 3. The maximum atomic E-state index is 5.50. The van der Waals surface area contributed by atoms with Crippen molar-refractivity contribution < 1.29 is 4.74 Å². The number of ether oxygens (including phenoxy) is 1. The zero-order valence-corrected chi connectivity index (χ0v) is 12.6. The Labute approximate surface area is 123 Å². The van der Waals surface area contributed by atoms with Gasteiger partial charge in [0.05, 0.1) is 7.11 Å². The molecule has 0 atom stereocenters. The third-order valence-corrected chi connectivity index (χ3v) is 4.40. The van der Waals surface area contributed by atoms with Gasteiger partial charge in [0.25, 0.3) is 0 Å². The van der Waals surface area contributed by atoms with Gasteiger partial charge in [0.2, 0.25) is 5.88 Å². The quantitative estimate of drug-likeness (QED) is 0.856. The molecule has 0 unspecified atom stereocenters. The van der Waals surface area contributed by atoms with E-state index in [0.29, 0.717) is 11.9 Å². The zero-order chi connectivity index (χ0) is 13.9. The molecule has 0 aliphatic heterocycles. The predicted octanol–water partition coefficient (Wildman–Crippen LogP) is 3.78. The number of hydrogen-bond donors (Lipinski definition) is 1. The maximum absolute atomic E-state index is 5.50. The summed E-state index contributed by atoms with van der Waals surface area (Å²) in [6, 6.07) is 0.441. The van der Waals surface area contributed by atoms with Gasteiger partial charge >= 0.3 is 0 Å². The van der Waals surface area contributed by atoms with Crippen molar-refractivity contribution in [1.29, 1.82) is 0 Å². The van der Waals surface area contributed by atoms with E-state index in [1.54, 1.807) is 13.4 Å². The minimum absolute atomic E-state index is 0.441. The number of imidazole rings is 1. The average Bonchev–Trinajstić information content (AvgIpc) is 2.75. The van der Waals surface area contributed by atoms with E-state index in [1.165, 1.54) is 44.9 Å². The Morgan fingerprint density at radius 1 is 1.20 bits per heavy atom. The maximum Gasteiger partial charge on any atom is 0.242 e. The molecule has 20 heavy (non-hydrogen) atoms. The molecule has 2 heterocycles. The Balaban J connectivity index is 2.05. The molecule has 1 saturated carbocycles. The van der Waals surface area contributed by atoms with E-state index in [0.717, 1.165) is 15.9 Å². The Bertz CT molecular complexity index is 640. The molecule has 0 radical (unpaired) electrons. The average molecular weight is 292 g/mol. The smallest absolute Gasteiger partial charge is 0.242 e. The van der Waals surface area contributed by atoms with Crippen LogP contribution in [0.25, 0.3) is 11.2 Å². The highest BCUT2D eigenvalue weighted by atomic mass is 32.1. The molecule has 2 aromatic heterocycles. The third-order valence-electron chi connectivity index (χ3n) is 4.10. The van der Waals surface area contributed by atoms with Crippen molar-refractivity contribution >= 4 is 23.4 Å². The van der Waals surface area contributed by atoms with Gasteiger partial charge < -0.3 is 9.72 Å². The van der Waals surface area contributed by atoms with Gasteiger partial charge in [0, 0.05) is 6.04 Å². The van der Waals surface area contributed by atoms with Gasteiger partial charge in [-0.3, -0.25) is 4.57 Å². The van der Waals surface area contributed by atoms with Crippen LogP contribution in [0.4, 0.5) is 0 Å². The molecule has 5 nitrogen and oxygen atoms in total. The van der Waals surface area contributed by atoms with Gasteiger partial charge in [-0.2, -0.15) is 4.98 Å². The van der Waals surface area contributed by atoms with Crippen LogP contribution in [0.3, 0.4) is 0 Å². The number of aromatic amines is 1. The lowest BCUT2D eigenvalue weighted by Gasteiger charge is -2.21. The van der Waals surface area contributed by atoms with Crippen LogP contribution in [-0.4, -0.2) is 26.6 Å². The highest BCUT2D eigenvalue weighted by Crippen LogP contribution is 2.30. The lowest BCUT2D eigenvalue weighted by atomic mass is 9.96. The van der Waals surface area contributed by atoms with Crippen molar-refractivity contribution in [2.75, 3.05) is 7.11 Å². The van der Waals surface area contributed by atoms with E-state index in [2.05, 4.69) is 19.5 Å². The molecule has 0 aromatic carbocycles. The van der Waals surface area contributed by atoms with Gasteiger partial charge in [0.1, 0.15) is 11.8 Å². The fourth-order valence-electron chi connectivity index (χ4n) is 3.10. The normalized spacial score (nSPS) is 17.9. The zero-order valence-electron chi connectivity index (χ0n) is 11.8. The Morgan fingerprint density at radius 3 is 2.60 bits per heavy atom. The molecule has 0 bridgehead atoms. The number of H-pyrrole nitrogens is 1. The van der Waals surface area contributed by atoms with Crippen LogP contribution in [-0.2, 0) is 0 Å². The molecule has 1 aliphatic rings. The lowest BCUT2D eigenvalue weighted by Crippen LogP contribution is -2.11. The molecule has 6 heteroatoms. The minimum atomic E-state index is 0.441. The van der Waals surface area contributed by atoms with E-state index < -0.39 is 0 Å². The van der Waals surface area contributed by atoms with Crippen molar-refractivity contribution in [2.45, 2.75) is 51.0 Å². The van der Waals surface area contributed by atoms with E-state index in [-0.39, 0.29) is 0 Å². The van der Waals surface area contributed by atoms with Crippen LogP contribution in [0, 0.1) is 4.77 Å².